The van der Waals surface area contributed by atoms with Gasteiger partial charge < -0.3 is 0 Å². The topological polar surface area (TPSA) is 12.9 Å². The van der Waals surface area contributed by atoms with Crippen molar-refractivity contribution < 1.29 is 0 Å². The third-order valence-corrected chi connectivity index (χ3v) is 4.34. The molecule has 50 valence electrons. The predicted molar refractivity (Wildman–Crippen MR) is 45.3 cm³/mol. The average molecular weight is 159 g/mol. The molecule has 0 saturated heterocycles. The summed E-state index contributed by atoms with van der Waals surface area (Å²) in [5.41, 5.74) is 1.36. The molecule has 1 heterocycles. The van der Waals surface area contributed by atoms with Gasteiger partial charge in [-0.1, -0.05) is 7.92 Å². The summed E-state index contributed by atoms with van der Waals surface area (Å²) in [6.07, 6.45) is 1.95. The van der Waals surface area contributed by atoms with Crippen LogP contribution in [0.2, 0.25) is 0 Å². The van der Waals surface area contributed by atoms with Crippen LogP contribution in [0.4, 0.5) is 0 Å². The minimum atomic E-state index is 0.0766. The third-order valence-electron chi connectivity index (χ3n) is 1.13. The molecule has 0 bridgehead atoms. The van der Waals surface area contributed by atoms with E-state index in [1.165, 1.54) is 10.2 Å². The highest BCUT2D eigenvalue weighted by Crippen LogP contribution is 2.26. The molecule has 0 aliphatic heterocycles. The molecule has 9 heavy (non-hydrogen) atoms. The molecule has 0 spiro atoms. The average Bonchev–Trinajstić information content (AvgIpc) is 2.13. The Morgan fingerprint density at radius 3 is 2.44 bits per heavy atom. The predicted octanol–water partition coefficient (Wildman–Crippen LogP) is 1.82. The first-order chi connectivity index (χ1) is 4.22. The van der Waals surface area contributed by atoms with E-state index in [1.54, 1.807) is 11.5 Å². The zero-order valence-electron chi connectivity index (χ0n) is 5.88. The lowest BCUT2D eigenvalue weighted by Gasteiger charge is -1.99. The van der Waals surface area contributed by atoms with Gasteiger partial charge in [-0.05, 0) is 37.3 Å². The summed E-state index contributed by atoms with van der Waals surface area (Å²) < 4.78 is 5.58. The summed E-state index contributed by atoms with van der Waals surface area (Å²) in [5.74, 6) is 0. The summed E-state index contributed by atoms with van der Waals surface area (Å²) in [6, 6.07) is 0. The molecular formula is C6H10NPS. The van der Waals surface area contributed by atoms with Crippen LogP contribution in [0, 0.1) is 6.92 Å². The quantitative estimate of drug-likeness (QED) is 0.569. The number of hydrogen-bond donors (Lipinski definition) is 0. The van der Waals surface area contributed by atoms with Crippen LogP contribution in [0.1, 0.15) is 5.56 Å². The number of rotatable bonds is 1. The number of aromatic nitrogens is 1. The van der Waals surface area contributed by atoms with E-state index in [1.807, 2.05) is 6.20 Å². The van der Waals surface area contributed by atoms with E-state index in [0.717, 1.165) is 0 Å². The molecule has 0 saturated carbocycles. The SMILES string of the molecule is Cc1cnsc1P(C)C. The van der Waals surface area contributed by atoms with E-state index in [0.29, 0.717) is 0 Å². The molecular weight excluding hydrogens is 149 g/mol. The van der Waals surface area contributed by atoms with Crippen LogP contribution in [0.5, 0.6) is 0 Å². The Morgan fingerprint density at radius 1 is 1.56 bits per heavy atom. The van der Waals surface area contributed by atoms with Crippen LogP contribution in [-0.2, 0) is 0 Å². The van der Waals surface area contributed by atoms with E-state index in [2.05, 4.69) is 24.6 Å². The van der Waals surface area contributed by atoms with E-state index in [4.69, 9.17) is 0 Å². The van der Waals surface area contributed by atoms with Crippen LogP contribution < -0.4 is 4.62 Å². The summed E-state index contributed by atoms with van der Waals surface area (Å²) in [4.78, 5) is 0. The van der Waals surface area contributed by atoms with Crippen LogP contribution >= 0.6 is 19.5 Å². The Labute approximate surface area is 61.0 Å². The molecule has 1 nitrogen and oxygen atoms in total. The Bertz CT molecular complexity index is 195. The van der Waals surface area contributed by atoms with Crippen LogP contribution in [-0.4, -0.2) is 17.7 Å². The van der Waals surface area contributed by atoms with Crippen molar-refractivity contribution in [2.75, 3.05) is 13.3 Å². The second kappa shape index (κ2) is 2.76. The van der Waals surface area contributed by atoms with Gasteiger partial charge in [-0.25, -0.2) is 4.37 Å². The van der Waals surface area contributed by atoms with Crippen LogP contribution in [0.25, 0.3) is 0 Å². The second-order valence-corrected chi connectivity index (χ2v) is 5.55. The molecule has 1 aromatic heterocycles. The molecule has 0 aliphatic rings. The highest BCUT2D eigenvalue weighted by molar-refractivity contribution is 7.70. The van der Waals surface area contributed by atoms with Gasteiger partial charge in [-0.2, -0.15) is 0 Å². The van der Waals surface area contributed by atoms with Crippen molar-refractivity contribution >= 4 is 24.1 Å². The van der Waals surface area contributed by atoms with Gasteiger partial charge in [0.25, 0.3) is 0 Å². The standard InChI is InChI=1S/C6H10NPS/c1-5-4-7-9-6(5)8(2)3/h4H,1-3H3. The molecule has 0 N–H and O–H groups in total. The minimum absolute atomic E-state index is 0.0766. The maximum atomic E-state index is 4.10. The molecule has 0 aromatic carbocycles. The first-order valence-electron chi connectivity index (χ1n) is 2.80. The molecule has 0 unspecified atom stereocenters. The zero-order chi connectivity index (χ0) is 6.85. The molecule has 1 aromatic rings. The fourth-order valence-electron chi connectivity index (χ4n) is 0.717. The lowest BCUT2D eigenvalue weighted by Crippen LogP contribution is -1.94. The van der Waals surface area contributed by atoms with E-state index in [-0.39, 0.29) is 7.92 Å². The Kier molecular flexibility index (Phi) is 2.20. The summed E-state index contributed by atoms with van der Waals surface area (Å²) in [5, 5.41) is 0. The highest BCUT2D eigenvalue weighted by Gasteiger charge is 2.03. The van der Waals surface area contributed by atoms with Crippen molar-refractivity contribution in [3.05, 3.63) is 11.8 Å². The minimum Gasteiger partial charge on any atom is -0.200 e. The van der Waals surface area contributed by atoms with Gasteiger partial charge in [0.2, 0.25) is 0 Å². The van der Waals surface area contributed by atoms with Crippen molar-refractivity contribution in [2.45, 2.75) is 6.92 Å². The fraction of sp³-hybridized carbons (Fsp3) is 0.500. The van der Waals surface area contributed by atoms with Crippen molar-refractivity contribution in [1.82, 2.24) is 4.37 Å². The first kappa shape index (κ1) is 7.17. The lowest BCUT2D eigenvalue weighted by atomic mass is 10.4. The molecule has 0 fully saturated rings. The maximum Gasteiger partial charge on any atom is 0.0507 e. The first-order valence-corrected chi connectivity index (χ1v) is 5.81. The van der Waals surface area contributed by atoms with Crippen molar-refractivity contribution in [1.29, 1.82) is 0 Å². The monoisotopic (exact) mass is 159 g/mol. The van der Waals surface area contributed by atoms with E-state index >= 15 is 0 Å². The van der Waals surface area contributed by atoms with Gasteiger partial charge in [-0.15, -0.1) is 0 Å². The molecule has 0 amide bonds. The van der Waals surface area contributed by atoms with Gasteiger partial charge in [0, 0.05) is 6.20 Å². The lowest BCUT2D eigenvalue weighted by molar-refractivity contribution is 1.47. The van der Waals surface area contributed by atoms with E-state index < -0.39 is 0 Å². The largest absolute Gasteiger partial charge is 0.200 e. The molecule has 0 aliphatic carbocycles. The van der Waals surface area contributed by atoms with Crippen molar-refractivity contribution in [2.24, 2.45) is 0 Å². The normalized spacial score (nSPS) is 10.7. The summed E-state index contributed by atoms with van der Waals surface area (Å²) in [7, 11) is 0.0766. The highest BCUT2D eigenvalue weighted by atomic mass is 32.1. The third kappa shape index (κ3) is 1.50. The van der Waals surface area contributed by atoms with E-state index in [9.17, 15) is 0 Å². The van der Waals surface area contributed by atoms with Crippen LogP contribution in [0.15, 0.2) is 6.20 Å². The fourth-order valence-corrected chi connectivity index (χ4v) is 2.78. The van der Waals surface area contributed by atoms with Gasteiger partial charge in [0.05, 0.1) is 4.62 Å². The molecule has 3 heteroatoms. The van der Waals surface area contributed by atoms with Gasteiger partial charge >= 0.3 is 0 Å². The second-order valence-electron chi connectivity index (χ2n) is 2.21. The Hall–Kier alpha value is 0.0600. The van der Waals surface area contributed by atoms with Crippen molar-refractivity contribution in [3.8, 4) is 0 Å². The molecule has 1 rings (SSSR count). The maximum absolute atomic E-state index is 4.10. The number of hydrogen-bond acceptors (Lipinski definition) is 2. The molecule has 0 atom stereocenters. The van der Waals surface area contributed by atoms with Gasteiger partial charge in [0.15, 0.2) is 0 Å². The van der Waals surface area contributed by atoms with Crippen LogP contribution in [0.3, 0.4) is 0 Å². The van der Waals surface area contributed by atoms with Crippen molar-refractivity contribution in [3.63, 3.8) is 0 Å². The Morgan fingerprint density at radius 2 is 2.22 bits per heavy atom. The number of aryl methyl sites for hydroxylation is 1. The van der Waals surface area contributed by atoms with Gasteiger partial charge in [-0.3, -0.25) is 0 Å². The summed E-state index contributed by atoms with van der Waals surface area (Å²) >= 11 is 1.64. The zero-order valence-corrected chi connectivity index (χ0v) is 7.59. The smallest absolute Gasteiger partial charge is 0.0507 e. The summed E-state index contributed by atoms with van der Waals surface area (Å²) in [6.45, 7) is 6.65. The number of nitrogens with zero attached hydrogens (tertiary/aromatic N) is 1. The Balaban J connectivity index is 2.94. The molecule has 0 radical (unpaired) electrons. The van der Waals surface area contributed by atoms with Gasteiger partial charge in [0.1, 0.15) is 0 Å².